The molecule has 5 rings (SSSR count). The van der Waals surface area contributed by atoms with E-state index >= 15 is 0 Å². The molecule has 10 heteroatoms. The van der Waals surface area contributed by atoms with E-state index < -0.39 is 5.97 Å². The highest BCUT2D eigenvalue weighted by Gasteiger charge is 2.24. The molecule has 4 N–H and O–H groups in total. The summed E-state index contributed by atoms with van der Waals surface area (Å²) in [5, 5.41) is 13.8. The van der Waals surface area contributed by atoms with Crippen LogP contribution < -0.4 is 10.1 Å². The van der Waals surface area contributed by atoms with E-state index in [0.29, 0.717) is 6.61 Å². The van der Waals surface area contributed by atoms with Crippen LogP contribution in [0.1, 0.15) is 29.9 Å². The molecule has 3 aromatic heterocycles. The number of H-pyrrole nitrogens is 2. The molecule has 0 saturated carbocycles. The molecule has 0 bridgehead atoms. The van der Waals surface area contributed by atoms with Crippen molar-refractivity contribution in [3.63, 3.8) is 0 Å². The monoisotopic (exact) mass is 462 g/mol. The van der Waals surface area contributed by atoms with Gasteiger partial charge in [-0.05, 0) is 35.7 Å². The number of nitrogens with one attached hydrogen (secondary N) is 3. The number of rotatable bonds is 10. The Morgan fingerprint density at radius 3 is 2.97 bits per heavy atom. The van der Waals surface area contributed by atoms with Crippen molar-refractivity contribution in [2.75, 3.05) is 18.5 Å². The minimum atomic E-state index is -0.863. The maximum Gasteiger partial charge on any atom is 0.304 e. The molecular weight excluding hydrogens is 440 g/mol. The van der Waals surface area contributed by atoms with Crippen molar-refractivity contribution in [2.24, 2.45) is 0 Å². The second kappa shape index (κ2) is 9.29. The Hall–Kier alpha value is -3.92. The van der Waals surface area contributed by atoms with Gasteiger partial charge in [0.2, 0.25) is 0 Å². The average molecular weight is 463 g/mol. The number of aromatic nitrogens is 5. The standard InChI is InChI=1S/C23H22N6O3S/c30-21(31)12-17(16-3-1-4-19-22(16)29-33-28-19)18-13-27-20-11-14(5-6-15(18)20)32-10-2-7-24-23-25-8-9-26-23/h1,3-6,8-9,11,13,17,27H,2,7,10,12H2,(H,30,31)(H2,24,25,26). The summed E-state index contributed by atoms with van der Waals surface area (Å²) >= 11 is 1.13. The lowest BCUT2D eigenvalue weighted by molar-refractivity contribution is -0.137. The van der Waals surface area contributed by atoms with Gasteiger partial charge in [-0.2, -0.15) is 8.75 Å². The highest BCUT2D eigenvalue weighted by molar-refractivity contribution is 7.00. The van der Waals surface area contributed by atoms with E-state index in [2.05, 4.69) is 29.0 Å². The molecule has 9 nitrogen and oxygen atoms in total. The quantitative estimate of drug-likeness (QED) is 0.227. The van der Waals surface area contributed by atoms with Gasteiger partial charge in [-0.15, -0.1) is 0 Å². The molecule has 0 radical (unpaired) electrons. The maximum atomic E-state index is 11.7. The van der Waals surface area contributed by atoms with E-state index in [4.69, 9.17) is 4.74 Å². The van der Waals surface area contributed by atoms with Gasteiger partial charge in [0, 0.05) is 48.0 Å². The number of aromatic amines is 2. The topological polar surface area (TPSA) is 129 Å². The first-order chi connectivity index (χ1) is 16.2. The molecule has 3 heterocycles. The molecule has 1 atom stereocenters. The number of fused-ring (bicyclic) bond motifs is 2. The first kappa shape index (κ1) is 21.0. The molecule has 33 heavy (non-hydrogen) atoms. The molecule has 5 aromatic rings. The number of imidazole rings is 1. The second-order valence-electron chi connectivity index (χ2n) is 7.65. The van der Waals surface area contributed by atoms with Gasteiger partial charge < -0.3 is 25.1 Å². The zero-order chi connectivity index (χ0) is 22.6. The molecule has 2 aromatic carbocycles. The number of carboxylic acid groups (broad SMARTS) is 1. The molecular formula is C23H22N6O3S. The third kappa shape index (κ3) is 4.51. The minimum absolute atomic E-state index is 0.0372. The lowest BCUT2D eigenvalue weighted by Gasteiger charge is -2.15. The van der Waals surface area contributed by atoms with E-state index in [0.717, 1.165) is 69.5 Å². The fourth-order valence-electron chi connectivity index (χ4n) is 4.01. The maximum absolute atomic E-state index is 11.7. The Kier molecular flexibility index (Phi) is 5.90. The molecule has 1 unspecified atom stereocenters. The Morgan fingerprint density at radius 1 is 1.18 bits per heavy atom. The molecule has 0 spiro atoms. The zero-order valence-electron chi connectivity index (χ0n) is 17.6. The number of hydrogen-bond acceptors (Lipinski definition) is 7. The fraction of sp³-hybridized carbons (Fsp3) is 0.217. The van der Waals surface area contributed by atoms with E-state index in [1.807, 2.05) is 42.6 Å². The third-order valence-corrected chi connectivity index (χ3v) is 6.06. The number of carboxylic acids is 1. The van der Waals surface area contributed by atoms with Crippen LogP contribution in [0.4, 0.5) is 5.95 Å². The third-order valence-electron chi connectivity index (χ3n) is 5.51. The van der Waals surface area contributed by atoms with Crippen LogP contribution in [0, 0.1) is 0 Å². The molecule has 0 fully saturated rings. The summed E-state index contributed by atoms with van der Waals surface area (Å²) in [6.45, 7) is 1.31. The summed E-state index contributed by atoms with van der Waals surface area (Å²) in [6, 6.07) is 11.6. The van der Waals surface area contributed by atoms with Gasteiger partial charge in [-0.3, -0.25) is 4.79 Å². The van der Waals surface area contributed by atoms with E-state index in [9.17, 15) is 9.90 Å². The zero-order valence-corrected chi connectivity index (χ0v) is 18.4. The van der Waals surface area contributed by atoms with Crippen LogP contribution in [0.15, 0.2) is 55.0 Å². The predicted octanol–water partition coefficient (Wildman–Crippen LogP) is 4.38. The summed E-state index contributed by atoms with van der Waals surface area (Å²) in [5.74, 6) is 0.297. The molecule has 168 valence electrons. The minimum Gasteiger partial charge on any atom is -0.493 e. The highest BCUT2D eigenvalue weighted by atomic mass is 32.1. The average Bonchev–Trinajstić information content (AvgIpc) is 3.57. The molecule has 0 saturated heterocycles. The van der Waals surface area contributed by atoms with Crippen molar-refractivity contribution in [1.82, 2.24) is 23.7 Å². The summed E-state index contributed by atoms with van der Waals surface area (Å²) in [7, 11) is 0. The normalized spacial score (nSPS) is 12.2. The van der Waals surface area contributed by atoms with Crippen LogP contribution in [0.25, 0.3) is 21.9 Å². The number of hydrogen-bond donors (Lipinski definition) is 4. The number of aliphatic carboxylic acids is 1. The van der Waals surface area contributed by atoms with Crippen molar-refractivity contribution < 1.29 is 14.6 Å². The van der Waals surface area contributed by atoms with Crippen LogP contribution in [0.5, 0.6) is 5.75 Å². The number of benzene rings is 2. The number of carbonyl (C=O) groups is 1. The Labute approximate surface area is 193 Å². The van der Waals surface area contributed by atoms with E-state index in [1.165, 1.54) is 0 Å². The van der Waals surface area contributed by atoms with E-state index in [1.54, 1.807) is 12.4 Å². The van der Waals surface area contributed by atoms with Gasteiger partial charge in [-0.1, -0.05) is 12.1 Å². The summed E-state index contributed by atoms with van der Waals surface area (Å²) in [5.41, 5.74) is 4.22. The first-order valence-corrected chi connectivity index (χ1v) is 11.3. The lowest BCUT2D eigenvalue weighted by atomic mass is 9.87. The van der Waals surface area contributed by atoms with Crippen LogP contribution in [0.3, 0.4) is 0 Å². The van der Waals surface area contributed by atoms with Crippen molar-refractivity contribution in [3.8, 4) is 5.75 Å². The van der Waals surface area contributed by atoms with Gasteiger partial charge in [0.1, 0.15) is 16.8 Å². The van der Waals surface area contributed by atoms with Gasteiger partial charge in [0.05, 0.1) is 24.8 Å². The Morgan fingerprint density at radius 2 is 2.12 bits per heavy atom. The molecule has 0 amide bonds. The molecule has 0 aliphatic rings. The van der Waals surface area contributed by atoms with Crippen molar-refractivity contribution in [2.45, 2.75) is 18.8 Å². The van der Waals surface area contributed by atoms with Crippen LogP contribution >= 0.6 is 11.7 Å². The van der Waals surface area contributed by atoms with Gasteiger partial charge >= 0.3 is 5.97 Å². The Bertz CT molecular complexity index is 1380. The summed E-state index contributed by atoms with van der Waals surface area (Å²) in [6.07, 6.45) is 6.14. The lowest BCUT2D eigenvalue weighted by Crippen LogP contribution is -2.08. The van der Waals surface area contributed by atoms with Crippen molar-refractivity contribution >= 4 is 45.6 Å². The number of ether oxygens (including phenoxy) is 1. The van der Waals surface area contributed by atoms with Gasteiger partial charge in [-0.25, -0.2) is 4.98 Å². The van der Waals surface area contributed by atoms with Crippen molar-refractivity contribution in [1.29, 1.82) is 0 Å². The number of anilines is 1. The predicted molar refractivity (Wildman–Crippen MR) is 127 cm³/mol. The van der Waals surface area contributed by atoms with Gasteiger partial charge in [0.25, 0.3) is 0 Å². The summed E-state index contributed by atoms with van der Waals surface area (Å²) < 4.78 is 14.6. The first-order valence-electron chi connectivity index (χ1n) is 10.6. The SMILES string of the molecule is O=C(O)CC(c1c[nH]c2cc(OCCCNc3ncc[nH]3)ccc12)c1cccc2nsnc12. The highest BCUT2D eigenvalue weighted by Crippen LogP contribution is 2.37. The van der Waals surface area contributed by atoms with Gasteiger partial charge in [0.15, 0.2) is 5.95 Å². The molecule has 0 aliphatic heterocycles. The van der Waals surface area contributed by atoms with Crippen molar-refractivity contribution in [3.05, 3.63) is 66.1 Å². The second-order valence-corrected chi connectivity index (χ2v) is 8.18. The van der Waals surface area contributed by atoms with E-state index in [-0.39, 0.29) is 12.3 Å². The smallest absolute Gasteiger partial charge is 0.304 e. The van der Waals surface area contributed by atoms with Crippen LogP contribution in [-0.2, 0) is 4.79 Å². The fourth-order valence-corrected chi connectivity index (χ4v) is 4.56. The van der Waals surface area contributed by atoms with Crippen LogP contribution in [-0.4, -0.2) is 47.9 Å². The van der Waals surface area contributed by atoms with Crippen LogP contribution in [0.2, 0.25) is 0 Å². The Balaban J connectivity index is 1.34. The largest absolute Gasteiger partial charge is 0.493 e. The summed E-state index contributed by atoms with van der Waals surface area (Å²) in [4.78, 5) is 22.1. The molecule has 0 aliphatic carbocycles. The number of nitrogens with zero attached hydrogens (tertiary/aromatic N) is 3.